The molecular weight excluding hydrogens is 300 g/mol. The second-order valence-corrected chi connectivity index (χ2v) is 5.55. The number of benzene rings is 1. The number of rotatable bonds is 6. The summed E-state index contributed by atoms with van der Waals surface area (Å²) in [5.41, 5.74) is 0.243. The highest BCUT2D eigenvalue weighted by molar-refractivity contribution is 9.09. The Bertz CT molecular complexity index is 435. The average Bonchev–Trinajstić information content (AvgIpc) is 2.34. The molecule has 1 N–H and O–H groups in total. The number of carbonyl (C=O) groups excluding carboxylic acids is 1. The van der Waals surface area contributed by atoms with Crippen molar-refractivity contribution in [1.82, 2.24) is 5.32 Å². The minimum atomic E-state index is -0.511. The fraction of sp³-hybridized carbons (Fsp3) is 0.417. The first-order valence-electron chi connectivity index (χ1n) is 5.67. The number of amides is 1. The van der Waals surface area contributed by atoms with Gasteiger partial charge in [0.1, 0.15) is 0 Å². The Morgan fingerprint density at radius 1 is 1.56 bits per heavy atom. The molecule has 0 aromatic heterocycles. The van der Waals surface area contributed by atoms with E-state index in [4.69, 9.17) is 0 Å². The molecule has 0 radical (unpaired) electrons. The number of non-ortho nitro benzene ring substituents is 1. The Hall–Kier alpha value is -1.43. The summed E-state index contributed by atoms with van der Waals surface area (Å²) in [7, 11) is 0. The van der Waals surface area contributed by atoms with E-state index in [1.807, 2.05) is 6.92 Å². The molecule has 0 fully saturated rings. The minimum Gasteiger partial charge on any atom is -0.352 e. The number of nitro benzene ring substituents is 1. The van der Waals surface area contributed by atoms with Crippen molar-refractivity contribution in [2.45, 2.75) is 24.6 Å². The van der Waals surface area contributed by atoms with Crippen LogP contribution in [0.3, 0.4) is 0 Å². The molecule has 1 amide bonds. The summed E-state index contributed by atoms with van der Waals surface area (Å²) in [5, 5.41) is 13.3. The molecule has 0 aliphatic carbocycles. The largest absolute Gasteiger partial charge is 0.352 e. The summed E-state index contributed by atoms with van der Waals surface area (Å²) < 4.78 is 0. The van der Waals surface area contributed by atoms with Crippen molar-refractivity contribution in [2.75, 3.05) is 6.54 Å². The van der Waals surface area contributed by atoms with Crippen molar-refractivity contribution in [3.63, 3.8) is 0 Å². The summed E-state index contributed by atoms with van der Waals surface area (Å²) in [6, 6.07) is 5.72. The molecule has 6 heteroatoms. The van der Waals surface area contributed by atoms with Gasteiger partial charge in [0.15, 0.2) is 0 Å². The van der Waals surface area contributed by atoms with Crippen LogP contribution in [0.5, 0.6) is 0 Å². The van der Waals surface area contributed by atoms with Crippen LogP contribution in [0, 0.1) is 10.1 Å². The van der Waals surface area contributed by atoms with Gasteiger partial charge in [0.25, 0.3) is 11.6 Å². The Balaban J connectivity index is 2.51. The van der Waals surface area contributed by atoms with Crippen LogP contribution in [0.4, 0.5) is 5.69 Å². The molecule has 0 heterocycles. The molecule has 1 aromatic carbocycles. The molecule has 0 saturated carbocycles. The fourth-order valence-corrected chi connectivity index (χ4v) is 1.77. The Morgan fingerprint density at radius 2 is 2.28 bits per heavy atom. The summed E-state index contributed by atoms with van der Waals surface area (Å²) in [6.45, 7) is 2.61. The summed E-state index contributed by atoms with van der Waals surface area (Å²) >= 11 is 3.42. The summed E-state index contributed by atoms with van der Waals surface area (Å²) in [4.78, 5) is 22.2. The molecule has 0 saturated heterocycles. The smallest absolute Gasteiger partial charge is 0.270 e. The molecule has 5 nitrogen and oxygen atoms in total. The first kappa shape index (κ1) is 14.6. The Kier molecular flexibility index (Phi) is 5.77. The summed E-state index contributed by atoms with van der Waals surface area (Å²) in [6.07, 6.45) is 1.84. The number of carbonyl (C=O) groups is 1. The maximum atomic E-state index is 11.7. The third-order valence-corrected chi connectivity index (χ3v) is 2.84. The zero-order valence-corrected chi connectivity index (χ0v) is 11.6. The van der Waals surface area contributed by atoms with Gasteiger partial charge in [-0.1, -0.05) is 28.9 Å². The second-order valence-electron chi connectivity index (χ2n) is 3.99. The molecule has 0 aliphatic heterocycles. The second kappa shape index (κ2) is 7.10. The van der Waals surface area contributed by atoms with E-state index >= 15 is 0 Å². The van der Waals surface area contributed by atoms with E-state index < -0.39 is 4.92 Å². The zero-order chi connectivity index (χ0) is 13.5. The van der Waals surface area contributed by atoms with Crippen LogP contribution in [0.15, 0.2) is 24.3 Å². The van der Waals surface area contributed by atoms with Crippen molar-refractivity contribution >= 4 is 27.5 Å². The monoisotopic (exact) mass is 314 g/mol. The van der Waals surface area contributed by atoms with Gasteiger partial charge >= 0.3 is 0 Å². The van der Waals surface area contributed by atoms with Gasteiger partial charge < -0.3 is 5.32 Å². The van der Waals surface area contributed by atoms with E-state index in [0.29, 0.717) is 16.9 Å². The average molecular weight is 315 g/mol. The summed E-state index contributed by atoms with van der Waals surface area (Å²) in [5.74, 6) is -0.277. The van der Waals surface area contributed by atoms with Gasteiger partial charge in [-0.2, -0.15) is 0 Å². The van der Waals surface area contributed by atoms with Crippen molar-refractivity contribution in [1.29, 1.82) is 0 Å². The predicted octanol–water partition coefficient (Wildman–Crippen LogP) is 2.89. The fourth-order valence-electron chi connectivity index (χ4n) is 1.45. The highest BCUT2D eigenvalue weighted by Gasteiger charge is 2.10. The molecule has 18 heavy (non-hydrogen) atoms. The number of hydrogen-bond acceptors (Lipinski definition) is 3. The highest BCUT2D eigenvalue weighted by atomic mass is 79.9. The third kappa shape index (κ3) is 4.83. The van der Waals surface area contributed by atoms with E-state index in [-0.39, 0.29) is 11.6 Å². The van der Waals surface area contributed by atoms with Crippen LogP contribution in [-0.4, -0.2) is 22.2 Å². The molecule has 1 unspecified atom stereocenters. The quantitative estimate of drug-likeness (QED) is 0.380. The molecule has 1 aromatic rings. The normalized spacial score (nSPS) is 11.9. The van der Waals surface area contributed by atoms with E-state index in [1.54, 1.807) is 6.07 Å². The lowest BCUT2D eigenvalue weighted by molar-refractivity contribution is -0.384. The predicted molar refractivity (Wildman–Crippen MR) is 73.1 cm³/mol. The standard InChI is InChI=1S/C12H15BrN2O3/c1-9(13)4-3-7-14-12(16)10-5-2-6-11(8-10)15(17)18/h2,5-6,8-9H,3-4,7H2,1H3,(H,14,16). The molecule has 98 valence electrons. The van der Waals surface area contributed by atoms with Crippen molar-refractivity contribution in [3.8, 4) is 0 Å². The van der Waals surface area contributed by atoms with Gasteiger partial charge in [-0.15, -0.1) is 0 Å². The van der Waals surface area contributed by atoms with Gasteiger partial charge in [-0.3, -0.25) is 14.9 Å². The number of halogens is 1. The Morgan fingerprint density at radius 3 is 2.89 bits per heavy atom. The van der Waals surface area contributed by atoms with Gasteiger partial charge in [0.05, 0.1) is 4.92 Å². The first-order valence-corrected chi connectivity index (χ1v) is 6.59. The lowest BCUT2D eigenvalue weighted by atomic mass is 10.2. The van der Waals surface area contributed by atoms with Crippen LogP contribution < -0.4 is 5.32 Å². The number of nitro groups is 1. The van der Waals surface area contributed by atoms with Crippen LogP contribution in [0.25, 0.3) is 0 Å². The first-order chi connectivity index (χ1) is 8.50. The molecule has 0 spiro atoms. The van der Waals surface area contributed by atoms with Gasteiger partial charge in [0, 0.05) is 29.1 Å². The molecular formula is C12H15BrN2O3. The van der Waals surface area contributed by atoms with E-state index in [1.165, 1.54) is 18.2 Å². The van der Waals surface area contributed by atoms with Crippen LogP contribution in [0.1, 0.15) is 30.1 Å². The minimum absolute atomic E-state index is 0.0725. The molecule has 0 bridgehead atoms. The lowest BCUT2D eigenvalue weighted by Gasteiger charge is -2.06. The van der Waals surface area contributed by atoms with Gasteiger partial charge in [-0.25, -0.2) is 0 Å². The zero-order valence-electron chi connectivity index (χ0n) is 10.1. The maximum absolute atomic E-state index is 11.7. The number of nitrogens with one attached hydrogen (secondary N) is 1. The maximum Gasteiger partial charge on any atom is 0.270 e. The van der Waals surface area contributed by atoms with Gasteiger partial charge in [-0.05, 0) is 18.9 Å². The van der Waals surface area contributed by atoms with E-state index in [2.05, 4.69) is 21.2 Å². The highest BCUT2D eigenvalue weighted by Crippen LogP contribution is 2.13. The van der Waals surface area contributed by atoms with Crippen molar-refractivity contribution in [2.24, 2.45) is 0 Å². The van der Waals surface area contributed by atoms with Crippen molar-refractivity contribution < 1.29 is 9.72 Å². The number of hydrogen-bond donors (Lipinski definition) is 1. The molecule has 1 atom stereocenters. The number of alkyl halides is 1. The Labute approximate surface area is 114 Å². The van der Waals surface area contributed by atoms with Crippen LogP contribution in [-0.2, 0) is 0 Å². The molecule has 0 aliphatic rings. The van der Waals surface area contributed by atoms with Crippen LogP contribution in [0.2, 0.25) is 0 Å². The molecule has 1 rings (SSSR count). The van der Waals surface area contributed by atoms with E-state index in [9.17, 15) is 14.9 Å². The van der Waals surface area contributed by atoms with Crippen LogP contribution >= 0.6 is 15.9 Å². The van der Waals surface area contributed by atoms with E-state index in [0.717, 1.165) is 12.8 Å². The third-order valence-electron chi connectivity index (χ3n) is 2.38. The lowest BCUT2D eigenvalue weighted by Crippen LogP contribution is -2.24. The topological polar surface area (TPSA) is 72.2 Å². The van der Waals surface area contributed by atoms with Crippen molar-refractivity contribution in [3.05, 3.63) is 39.9 Å². The van der Waals surface area contributed by atoms with Gasteiger partial charge in [0.2, 0.25) is 0 Å². The number of nitrogens with zero attached hydrogens (tertiary/aromatic N) is 1. The SMILES string of the molecule is CC(Br)CCCNC(=O)c1cccc([N+](=O)[O-])c1.